The maximum atomic E-state index is 8.96. The molecule has 5 heteroatoms. The van der Waals surface area contributed by atoms with Gasteiger partial charge in [0, 0.05) is 0 Å². The molecule has 3 nitrogen and oxygen atoms in total. The van der Waals surface area contributed by atoms with Crippen LogP contribution in [0.15, 0.2) is 12.1 Å². The summed E-state index contributed by atoms with van der Waals surface area (Å²) in [4.78, 5) is 0. The average Bonchev–Trinajstić information content (AvgIpc) is 2.24. The van der Waals surface area contributed by atoms with Crippen LogP contribution < -0.4 is 0 Å². The van der Waals surface area contributed by atoms with Crippen molar-refractivity contribution < 1.29 is 14.5 Å². The van der Waals surface area contributed by atoms with Crippen molar-refractivity contribution in [3.63, 3.8) is 0 Å². The van der Waals surface area contributed by atoms with Crippen molar-refractivity contribution >= 4 is 15.4 Å². The first-order chi connectivity index (χ1) is 8.60. The zero-order chi connectivity index (χ0) is 15.1. The summed E-state index contributed by atoms with van der Waals surface area (Å²) in [5, 5.41) is 18.1. The fourth-order valence-electron chi connectivity index (χ4n) is 1.57. The van der Waals surface area contributed by atoms with Crippen LogP contribution in [0.25, 0.3) is 0 Å². The monoisotopic (exact) mass is 286 g/mol. The van der Waals surface area contributed by atoms with Gasteiger partial charge in [0.2, 0.25) is 0 Å². The Morgan fingerprint density at radius 2 is 1.79 bits per heavy atom. The zero-order valence-electron chi connectivity index (χ0n) is 13.4. The fraction of sp³-hybridized carbons (Fsp3) is 0.857. The molecule has 0 heterocycles. The highest BCUT2D eigenvalue weighted by Gasteiger charge is 2.38. The highest BCUT2D eigenvalue weighted by atomic mass is 28.4. The lowest BCUT2D eigenvalue weighted by Crippen LogP contribution is -2.43. The Morgan fingerprint density at radius 1 is 1.21 bits per heavy atom. The number of rotatable bonds is 8. The van der Waals surface area contributed by atoms with E-state index in [0.29, 0.717) is 0 Å². The van der Waals surface area contributed by atoms with E-state index in [4.69, 9.17) is 14.5 Å². The van der Waals surface area contributed by atoms with E-state index in [-0.39, 0.29) is 11.1 Å². The van der Waals surface area contributed by atoms with Gasteiger partial charge in [-0.3, -0.25) is 0 Å². The van der Waals surface area contributed by atoms with Gasteiger partial charge in [0.1, 0.15) is 0 Å². The van der Waals surface area contributed by atoms with Crippen molar-refractivity contribution in [1.29, 1.82) is 0 Å². The van der Waals surface area contributed by atoms with Gasteiger partial charge in [0.15, 0.2) is 8.32 Å². The van der Waals surface area contributed by atoms with Crippen LogP contribution in [-0.2, 0) is 4.43 Å². The van der Waals surface area contributed by atoms with Crippen LogP contribution in [0.5, 0.6) is 0 Å². The molecule has 1 unspecified atom stereocenters. The molecular weight excluding hydrogens is 255 g/mol. The summed E-state index contributed by atoms with van der Waals surface area (Å²) >= 11 is 0. The molecule has 0 fully saturated rings. The van der Waals surface area contributed by atoms with Gasteiger partial charge in [0.25, 0.3) is 0 Å². The molecule has 112 valence electrons. The number of hydrogen-bond acceptors (Lipinski definition) is 3. The topological polar surface area (TPSA) is 49.7 Å². The zero-order valence-corrected chi connectivity index (χ0v) is 14.4. The first-order valence-electron chi connectivity index (χ1n) is 7.32. The van der Waals surface area contributed by atoms with Crippen molar-refractivity contribution in [1.82, 2.24) is 0 Å². The highest BCUT2D eigenvalue weighted by Crippen LogP contribution is 2.37. The maximum Gasteiger partial charge on any atom is 0.480 e. The molecule has 19 heavy (non-hydrogen) atoms. The third-order valence-electron chi connectivity index (χ3n) is 3.84. The number of unbranched alkanes of at least 4 members (excludes halogenated alkanes) is 2. The average molecular weight is 286 g/mol. The molecule has 0 spiro atoms. The van der Waals surface area contributed by atoms with Crippen LogP contribution in [0.4, 0.5) is 0 Å². The molecule has 0 aromatic heterocycles. The van der Waals surface area contributed by atoms with Gasteiger partial charge in [-0.2, -0.15) is 0 Å². The summed E-state index contributed by atoms with van der Waals surface area (Å²) in [7, 11) is -3.21. The molecule has 0 bridgehead atoms. The molecule has 0 aromatic carbocycles. The van der Waals surface area contributed by atoms with Gasteiger partial charge in [-0.15, -0.1) is 0 Å². The standard InChI is InChI=1S/C14H31BO3Si/c1-7-8-9-10-13(11-12-15(16)17)18-19(5,6)14(2,3)4/h11-13,16-17H,7-10H2,1-6H3. The van der Waals surface area contributed by atoms with Gasteiger partial charge in [-0.25, -0.2) is 0 Å². The lowest BCUT2D eigenvalue weighted by atomic mass is 9.90. The molecular formula is C14H31BO3Si. The van der Waals surface area contributed by atoms with E-state index in [2.05, 4.69) is 40.8 Å². The molecule has 0 amide bonds. The molecule has 2 N–H and O–H groups in total. The minimum atomic E-state index is -1.81. The van der Waals surface area contributed by atoms with E-state index < -0.39 is 15.4 Å². The van der Waals surface area contributed by atoms with E-state index in [1.807, 2.05) is 0 Å². The normalized spacial score (nSPS) is 14.9. The molecule has 0 aliphatic rings. The third kappa shape index (κ3) is 7.92. The minimum Gasteiger partial charge on any atom is -0.424 e. The highest BCUT2D eigenvalue weighted by molar-refractivity contribution is 6.74. The summed E-state index contributed by atoms with van der Waals surface area (Å²) in [5.41, 5.74) is 0. The predicted molar refractivity (Wildman–Crippen MR) is 85.5 cm³/mol. The van der Waals surface area contributed by atoms with Gasteiger partial charge in [0.05, 0.1) is 6.10 Å². The Balaban J connectivity index is 4.65. The number of hydrogen-bond donors (Lipinski definition) is 2. The molecule has 1 atom stereocenters. The molecule has 0 aliphatic carbocycles. The quantitative estimate of drug-likeness (QED) is 0.530. The maximum absolute atomic E-state index is 8.96. The summed E-state index contributed by atoms with van der Waals surface area (Å²) in [6.45, 7) is 13.3. The van der Waals surface area contributed by atoms with Crippen LogP contribution in [0.3, 0.4) is 0 Å². The first-order valence-corrected chi connectivity index (χ1v) is 10.2. The molecule has 0 aliphatic heterocycles. The Kier molecular flexibility index (Phi) is 8.20. The van der Waals surface area contributed by atoms with Crippen molar-refractivity contribution in [2.24, 2.45) is 0 Å². The molecule has 0 saturated carbocycles. The second-order valence-corrected chi connectivity index (χ2v) is 11.5. The van der Waals surface area contributed by atoms with Crippen molar-refractivity contribution in [2.45, 2.75) is 77.6 Å². The Hall–Kier alpha value is -0.0982. The molecule has 0 aromatic rings. The first kappa shape index (κ1) is 18.9. The van der Waals surface area contributed by atoms with Crippen molar-refractivity contribution in [2.75, 3.05) is 0 Å². The van der Waals surface area contributed by atoms with Gasteiger partial charge < -0.3 is 14.5 Å². The minimum absolute atomic E-state index is 0.00533. The second kappa shape index (κ2) is 8.25. The summed E-state index contributed by atoms with van der Waals surface area (Å²) in [5.74, 6) is 1.41. The van der Waals surface area contributed by atoms with Crippen molar-refractivity contribution in [3.05, 3.63) is 12.1 Å². The van der Waals surface area contributed by atoms with Gasteiger partial charge >= 0.3 is 7.12 Å². The summed E-state index contributed by atoms with van der Waals surface area (Å²) < 4.78 is 6.33. The second-order valence-electron chi connectivity index (χ2n) is 6.71. The molecule has 0 radical (unpaired) electrons. The van der Waals surface area contributed by atoms with Crippen LogP contribution in [0.1, 0.15) is 53.4 Å². The fourth-order valence-corrected chi connectivity index (χ4v) is 2.88. The van der Waals surface area contributed by atoms with Gasteiger partial charge in [-0.1, -0.05) is 59.0 Å². The van der Waals surface area contributed by atoms with E-state index in [0.717, 1.165) is 12.8 Å². The molecule has 0 saturated heterocycles. The molecule has 0 rings (SSSR count). The Labute approximate surface area is 120 Å². The Bertz CT molecular complexity index is 272. The van der Waals surface area contributed by atoms with Crippen LogP contribution in [0.2, 0.25) is 18.1 Å². The van der Waals surface area contributed by atoms with E-state index in [9.17, 15) is 0 Å². The van der Waals surface area contributed by atoms with Crippen LogP contribution in [0, 0.1) is 0 Å². The smallest absolute Gasteiger partial charge is 0.424 e. The third-order valence-corrected chi connectivity index (χ3v) is 8.35. The van der Waals surface area contributed by atoms with E-state index in [1.54, 1.807) is 6.08 Å². The largest absolute Gasteiger partial charge is 0.480 e. The Morgan fingerprint density at radius 3 is 2.21 bits per heavy atom. The lowest BCUT2D eigenvalue weighted by molar-refractivity contribution is 0.211. The predicted octanol–water partition coefficient (Wildman–Crippen LogP) is 3.53. The lowest BCUT2D eigenvalue weighted by Gasteiger charge is -2.38. The van der Waals surface area contributed by atoms with E-state index in [1.165, 1.54) is 18.8 Å². The van der Waals surface area contributed by atoms with Crippen molar-refractivity contribution in [3.8, 4) is 0 Å². The van der Waals surface area contributed by atoms with E-state index >= 15 is 0 Å². The van der Waals surface area contributed by atoms with Crippen LogP contribution in [-0.4, -0.2) is 31.6 Å². The van der Waals surface area contributed by atoms with Gasteiger partial charge in [-0.05, 0) is 24.6 Å². The van der Waals surface area contributed by atoms with Crippen LogP contribution >= 0.6 is 0 Å². The summed E-state index contributed by atoms with van der Waals surface area (Å²) in [6, 6.07) is 0. The summed E-state index contributed by atoms with van der Waals surface area (Å²) in [6.07, 6.45) is 6.23. The SMILES string of the molecule is CCCCCC(C=CB(O)O)O[Si](C)(C)C(C)(C)C.